The van der Waals surface area contributed by atoms with Crippen molar-refractivity contribution in [3.05, 3.63) is 12.2 Å². The zero-order valence-corrected chi connectivity index (χ0v) is 9.80. The van der Waals surface area contributed by atoms with Crippen LogP contribution in [0.1, 0.15) is 51.4 Å². The Morgan fingerprint density at radius 2 is 1.59 bits per heavy atom. The summed E-state index contributed by atoms with van der Waals surface area (Å²) in [6.07, 6.45) is 2.88. The molecular weight excluding hydrogens is 233 g/mol. The van der Waals surface area contributed by atoms with E-state index in [4.69, 9.17) is 5.11 Å². The topological polar surface area (TPSA) is 37.3 Å². The molecule has 0 aromatic rings. The van der Waals surface area contributed by atoms with E-state index in [1.54, 1.807) is 12.2 Å². The molecule has 0 spiro atoms. The third-order valence-electron chi connectivity index (χ3n) is 2.27. The summed E-state index contributed by atoms with van der Waals surface area (Å²) in [6, 6.07) is 0. The van der Waals surface area contributed by atoms with Crippen LogP contribution < -0.4 is 0 Å². The number of hydrogen-bond donors (Lipinski definition) is 1. The molecule has 0 amide bonds. The lowest BCUT2D eigenvalue weighted by Crippen LogP contribution is -2.05. The van der Waals surface area contributed by atoms with Gasteiger partial charge in [-0.05, 0) is 25.7 Å². The second-order valence-corrected chi connectivity index (χ2v) is 3.97. The van der Waals surface area contributed by atoms with E-state index in [1.807, 2.05) is 0 Å². The minimum absolute atomic E-state index is 0.0442. The third kappa shape index (κ3) is 15.0. The van der Waals surface area contributed by atoms with Crippen LogP contribution in [0.5, 0.6) is 0 Å². The number of alkyl halides is 3. The highest BCUT2D eigenvalue weighted by Gasteiger charge is 2.25. The Kier molecular flexibility index (Phi) is 8.54. The Hall–Kier alpha value is -1.00. The summed E-state index contributed by atoms with van der Waals surface area (Å²) in [6.45, 7) is 0. The predicted molar refractivity (Wildman–Crippen MR) is 59.8 cm³/mol. The summed E-state index contributed by atoms with van der Waals surface area (Å²) in [5, 5.41) is 8.38. The molecule has 0 fully saturated rings. The van der Waals surface area contributed by atoms with Gasteiger partial charge in [0.2, 0.25) is 0 Å². The SMILES string of the molecule is O=C(O)CCCCCC/C=C/CCC(F)(F)F. The Labute approximate surface area is 99.5 Å². The van der Waals surface area contributed by atoms with Crippen LogP contribution >= 0.6 is 0 Å². The largest absolute Gasteiger partial charge is 0.481 e. The fraction of sp³-hybridized carbons (Fsp3) is 0.750. The Balaban J connectivity index is 3.22. The van der Waals surface area contributed by atoms with Crippen molar-refractivity contribution in [1.29, 1.82) is 0 Å². The van der Waals surface area contributed by atoms with Gasteiger partial charge in [-0.3, -0.25) is 4.79 Å². The number of unbranched alkanes of at least 4 members (excludes halogenated alkanes) is 4. The molecule has 1 N–H and O–H groups in total. The molecule has 0 aromatic carbocycles. The first-order valence-electron chi connectivity index (χ1n) is 5.85. The van der Waals surface area contributed by atoms with Crippen molar-refractivity contribution in [2.45, 2.75) is 57.5 Å². The van der Waals surface area contributed by atoms with Gasteiger partial charge in [0.05, 0.1) is 0 Å². The van der Waals surface area contributed by atoms with Crippen LogP contribution in [-0.2, 0) is 4.79 Å². The highest BCUT2D eigenvalue weighted by molar-refractivity contribution is 5.66. The van der Waals surface area contributed by atoms with Crippen molar-refractivity contribution in [3.63, 3.8) is 0 Å². The molecule has 0 saturated carbocycles. The molecule has 0 heterocycles. The number of hydrogen-bond acceptors (Lipinski definition) is 1. The normalized spacial score (nSPS) is 12.2. The summed E-state index contributed by atoms with van der Waals surface area (Å²) in [5.74, 6) is -0.781. The Bertz CT molecular complexity index is 234. The molecule has 0 rings (SSSR count). The molecular formula is C12H19F3O2. The van der Waals surface area contributed by atoms with Crippen molar-refractivity contribution < 1.29 is 23.1 Å². The van der Waals surface area contributed by atoms with Crippen LogP contribution in [0.25, 0.3) is 0 Å². The molecule has 0 unspecified atom stereocenters. The molecule has 0 aliphatic rings. The maximum atomic E-state index is 11.8. The van der Waals surface area contributed by atoms with Crippen LogP contribution in [0, 0.1) is 0 Å². The second-order valence-electron chi connectivity index (χ2n) is 3.97. The van der Waals surface area contributed by atoms with Gasteiger partial charge >= 0.3 is 12.1 Å². The number of carbonyl (C=O) groups is 1. The van der Waals surface area contributed by atoms with E-state index in [-0.39, 0.29) is 12.8 Å². The van der Waals surface area contributed by atoms with Gasteiger partial charge in [-0.25, -0.2) is 0 Å². The molecule has 100 valence electrons. The first-order chi connectivity index (χ1) is 7.92. The molecule has 0 aliphatic carbocycles. The highest BCUT2D eigenvalue weighted by atomic mass is 19.4. The van der Waals surface area contributed by atoms with Gasteiger partial charge in [0.1, 0.15) is 0 Å². The smallest absolute Gasteiger partial charge is 0.389 e. The van der Waals surface area contributed by atoms with Gasteiger partial charge in [-0.15, -0.1) is 0 Å². The molecule has 0 aliphatic heterocycles. The first kappa shape index (κ1) is 16.0. The summed E-state index contributed by atoms with van der Waals surface area (Å²) < 4.78 is 35.3. The van der Waals surface area contributed by atoms with Crippen molar-refractivity contribution >= 4 is 5.97 Å². The van der Waals surface area contributed by atoms with Crippen molar-refractivity contribution in [2.24, 2.45) is 0 Å². The summed E-state index contributed by atoms with van der Waals surface area (Å²) in [4.78, 5) is 10.2. The average Bonchev–Trinajstić information content (AvgIpc) is 2.18. The lowest BCUT2D eigenvalue weighted by atomic mass is 10.1. The Morgan fingerprint density at radius 1 is 1.00 bits per heavy atom. The second kappa shape index (κ2) is 9.07. The van der Waals surface area contributed by atoms with Crippen LogP contribution in [0.4, 0.5) is 13.2 Å². The van der Waals surface area contributed by atoms with Crippen molar-refractivity contribution in [3.8, 4) is 0 Å². The van der Waals surface area contributed by atoms with E-state index in [2.05, 4.69) is 0 Å². The van der Waals surface area contributed by atoms with E-state index in [1.165, 1.54) is 0 Å². The number of aliphatic carboxylic acids is 1. The van der Waals surface area contributed by atoms with Gasteiger partial charge in [0, 0.05) is 12.8 Å². The van der Waals surface area contributed by atoms with Crippen molar-refractivity contribution in [2.75, 3.05) is 0 Å². The number of allylic oxidation sites excluding steroid dienone is 2. The van der Waals surface area contributed by atoms with E-state index in [0.29, 0.717) is 6.42 Å². The maximum Gasteiger partial charge on any atom is 0.389 e. The highest BCUT2D eigenvalue weighted by Crippen LogP contribution is 2.21. The zero-order chi connectivity index (χ0) is 13.1. The van der Waals surface area contributed by atoms with Crippen LogP contribution in [0.3, 0.4) is 0 Å². The lowest BCUT2D eigenvalue weighted by Gasteiger charge is -2.02. The number of halogens is 3. The quantitative estimate of drug-likeness (QED) is 0.490. The fourth-order valence-electron chi connectivity index (χ4n) is 1.37. The van der Waals surface area contributed by atoms with E-state index in [0.717, 1.165) is 25.7 Å². The number of carboxylic acids is 1. The molecule has 0 bridgehead atoms. The molecule has 0 saturated heterocycles. The third-order valence-corrected chi connectivity index (χ3v) is 2.27. The van der Waals surface area contributed by atoms with Gasteiger partial charge in [0.25, 0.3) is 0 Å². The molecule has 0 aromatic heterocycles. The molecule has 2 nitrogen and oxygen atoms in total. The lowest BCUT2D eigenvalue weighted by molar-refractivity contribution is -0.137. The summed E-state index contributed by atoms with van der Waals surface area (Å²) in [7, 11) is 0. The van der Waals surface area contributed by atoms with E-state index < -0.39 is 18.6 Å². The van der Waals surface area contributed by atoms with E-state index in [9.17, 15) is 18.0 Å². The number of carboxylic acid groups (broad SMARTS) is 1. The van der Waals surface area contributed by atoms with Crippen LogP contribution in [0.15, 0.2) is 12.2 Å². The van der Waals surface area contributed by atoms with Crippen LogP contribution in [-0.4, -0.2) is 17.3 Å². The van der Waals surface area contributed by atoms with Gasteiger partial charge < -0.3 is 5.11 Å². The zero-order valence-electron chi connectivity index (χ0n) is 9.80. The van der Waals surface area contributed by atoms with Crippen molar-refractivity contribution in [1.82, 2.24) is 0 Å². The minimum atomic E-state index is -4.07. The first-order valence-corrected chi connectivity index (χ1v) is 5.85. The Morgan fingerprint density at radius 3 is 2.18 bits per heavy atom. The molecule has 0 radical (unpaired) electrons. The average molecular weight is 252 g/mol. The standard InChI is InChI=1S/C12H19F3O2/c13-12(14,15)10-8-6-4-2-1-3-5-7-9-11(16)17/h4,6H,1-3,5,7-10H2,(H,16,17)/b6-4+. The monoisotopic (exact) mass is 252 g/mol. The van der Waals surface area contributed by atoms with Crippen LogP contribution in [0.2, 0.25) is 0 Å². The fourth-order valence-corrected chi connectivity index (χ4v) is 1.37. The molecule has 17 heavy (non-hydrogen) atoms. The minimum Gasteiger partial charge on any atom is -0.481 e. The van der Waals surface area contributed by atoms with Gasteiger partial charge in [-0.2, -0.15) is 13.2 Å². The summed E-state index contributed by atoms with van der Waals surface area (Å²) >= 11 is 0. The molecule has 5 heteroatoms. The number of rotatable bonds is 9. The maximum absolute atomic E-state index is 11.8. The molecule has 0 atom stereocenters. The van der Waals surface area contributed by atoms with E-state index >= 15 is 0 Å². The predicted octanol–water partition coefficient (Wildman–Crippen LogP) is 4.31. The van der Waals surface area contributed by atoms with Gasteiger partial charge in [0.15, 0.2) is 0 Å². The summed E-state index contributed by atoms with van der Waals surface area (Å²) in [5.41, 5.74) is 0. The van der Waals surface area contributed by atoms with Gasteiger partial charge in [-0.1, -0.05) is 25.0 Å².